The molecule has 1 aromatic carbocycles. The van der Waals surface area contributed by atoms with E-state index in [1.54, 1.807) is 17.3 Å². The Morgan fingerprint density at radius 3 is 2.41 bits per heavy atom. The van der Waals surface area contributed by atoms with Crippen molar-refractivity contribution >= 4 is 17.5 Å². The summed E-state index contributed by atoms with van der Waals surface area (Å²) in [6.07, 6.45) is 4.24. The lowest BCUT2D eigenvalue weighted by molar-refractivity contribution is -0.140. The number of rotatable bonds is 4. The van der Waals surface area contributed by atoms with E-state index in [1.165, 1.54) is 6.92 Å². The predicted octanol–water partition coefficient (Wildman–Crippen LogP) is 3.88. The van der Waals surface area contributed by atoms with Crippen LogP contribution in [0.5, 0.6) is 0 Å². The van der Waals surface area contributed by atoms with Crippen LogP contribution in [0.4, 0.5) is 0 Å². The lowest BCUT2D eigenvalue weighted by Crippen LogP contribution is -2.42. The molecule has 1 atom stereocenters. The third kappa shape index (κ3) is 4.04. The van der Waals surface area contributed by atoms with Gasteiger partial charge in [0.2, 0.25) is 0 Å². The normalized spacial score (nSPS) is 16.0. The minimum Gasteiger partial charge on any atom is -0.384 e. The average molecular weight is 411 g/mol. The number of halogens is 1. The molecule has 29 heavy (non-hydrogen) atoms. The van der Waals surface area contributed by atoms with E-state index in [0.29, 0.717) is 18.1 Å². The number of amides is 1. The highest BCUT2D eigenvalue weighted by Gasteiger charge is 2.29. The van der Waals surface area contributed by atoms with Crippen molar-refractivity contribution in [1.82, 2.24) is 20.1 Å². The molecule has 4 rings (SSSR count). The summed E-state index contributed by atoms with van der Waals surface area (Å²) in [4.78, 5) is 18.0. The minimum atomic E-state index is -0.956. The summed E-state index contributed by atoms with van der Waals surface area (Å²) in [5.74, 6) is 0.0500. The van der Waals surface area contributed by atoms with Gasteiger partial charge in [0.25, 0.3) is 5.91 Å². The van der Waals surface area contributed by atoms with Crippen molar-refractivity contribution < 1.29 is 9.90 Å². The number of pyridine rings is 1. The van der Waals surface area contributed by atoms with Gasteiger partial charge in [-0.15, -0.1) is 0 Å². The Morgan fingerprint density at radius 1 is 1.14 bits per heavy atom. The first-order chi connectivity index (χ1) is 14.0. The van der Waals surface area contributed by atoms with Crippen LogP contribution < -0.4 is 0 Å². The Kier molecular flexibility index (Phi) is 5.65. The van der Waals surface area contributed by atoms with Crippen LogP contribution in [0.15, 0.2) is 48.8 Å². The van der Waals surface area contributed by atoms with E-state index >= 15 is 0 Å². The highest BCUT2D eigenvalue weighted by atomic mass is 35.5. The molecule has 0 spiro atoms. The third-order valence-corrected chi connectivity index (χ3v) is 5.71. The maximum atomic E-state index is 12.1. The van der Waals surface area contributed by atoms with Gasteiger partial charge in [0, 0.05) is 53.2 Å². The predicted molar refractivity (Wildman–Crippen MR) is 113 cm³/mol. The zero-order chi connectivity index (χ0) is 20.4. The molecular formula is C22H23ClN4O2. The lowest BCUT2D eigenvalue weighted by Gasteiger charge is -2.32. The molecule has 1 fully saturated rings. The Bertz CT molecular complexity index is 978. The fraction of sp³-hybridized carbons (Fsp3) is 0.318. The molecule has 2 N–H and O–H groups in total. The zero-order valence-electron chi connectivity index (χ0n) is 16.2. The Labute approximate surface area is 174 Å². The molecule has 150 valence electrons. The number of benzene rings is 1. The SMILES string of the molecule is C[C@H](O)C(=O)N1CCC(c2[nH]nc(-c3ccc(Cl)cc3)c2-c2ccncc2)CC1. The fourth-order valence-corrected chi connectivity index (χ4v) is 4.06. The van der Waals surface area contributed by atoms with Crippen LogP contribution in [0.3, 0.4) is 0 Å². The van der Waals surface area contributed by atoms with Gasteiger partial charge in [-0.05, 0) is 49.6 Å². The van der Waals surface area contributed by atoms with Crippen molar-refractivity contribution in [2.75, 3.05) is 13.1 Å². The summed E-state index contributed by atoms with van der Waals surface area (Å²) >= 11 is 6.06. The first kappa shape index (κ1) is 19.6. The van der Waals surface area contributed by atoms with E-state index in [0.717, 1.165) is 40.9 Å². The molecular weight excluding hydrogens is 388 g/mol. The van der Waals surface area contributed by atoms with Crippen molar-refractivity contribution in [1.29, 1.82) is 0 Å². The number of hydrogen-bond acceptors (Lipinski definition) is 4. The van der Waals surface area contributed by atoms with Gasteiger partial charge in [0.1, 0.15) is 11.8 Å². The average Bonchev–Trinajstić information content (AvgIpc) is 3.19. The van der Waals surface area contributed by atoms with Gasteiger partial charge >= 0.3 is 0 Å². The van der Waals surface area contributed by atoms with Crippen LogP contribution in [-0.4, -0.2) is 50.3 Å². The van der Waals surface area contributed by atoms with E-state index < -0.39 is 6.10 Å². The van der Waals surface area contributed by atoms with Gasteiger partial charge < -0.3 is 10.0 Å². The number of nitrogens with zero attached hydrogens (tertiary/aromatic N) is 3. The van der Waals surface area contributed by atoms with Crippen LogP contribution in [-0.2, 0) is 4.79 Å². The first-order valence-electron chi connectivity index (χ1n) is 9.76. The highest BCUT2D eigenvalue weighted by molar-refractivity contribution is 6.30. The second-order valence-electron chi connectivity index (χ2n) is 7.38. The zero-order valence-corrected chi connectivity index (χ0v) is 16.9. The van der Waals surface area contributed by atoms with Crippen LogP contribution in [0.2, 0.25) is 5.02 Å². The molecule has 1 aliphatic heterocycles. The number of H-pyrrole nitrogens is 1. The number of carbonyl (C=O) groups is 1. The molecule has 0 aliphatic carbocycles. The van der Waals surface area contributed by atoms with Crippen molar-refractivity contribution in [3.8, 4) is 22.4 Å². The molecule has 0 bridgehead atoms. The third-order valence-electron chi connectivity index (χ3n) is 5.45. The minimum absolute atomic E-state index is 0.204. The van der Waals surface area contributed by atoms with Gasteiger partial charge in [-0.3, -0.25) is 14.9 Å². The lowest BCUT2D eigenvalue weighted by atomic mass is 9.87. The number of aromatic nitrogens is 3. The highest BCUT2D eigenvalue weighted by Crippen LogP contribution is 2.39. The number of aromatic amines is 1. The van der Waals surface area contributed by atoms with Gasteiger partial charge in [-0.1, -0.05) is 23.7 Å². The van der Waals surface area contributed by atoms with Gasteiger partial charge in [-0.25, -0.2) is 0 Å². The molecule has 3 heterocycles. The Hall–Kier alpha value is -2.70. The Morgan fingerprint density at radius 2 is 1.79 bits per heavy atom. The van der Waals surface area contributed by atoms with Crippen LogP contribution in [0, 0.1) is 0 Å². The van der Waals surface area contributed by atoms with Gasteiger partial charge in [0.05, 0.1) is 0 Å². The largest absolute Gasteiger partial charge is 0.384 e. The Balaban J connectivity index is 1.68. The number of aliphatic hydroxyl groups is 1. The quantitative estimate of drug-likeness (QED) is 0.683. The summed E-state index contributed by atoms with van der Waals surface area (Å²) in [6.45, 7) is 2.77. The van der Waals surface area contributed by atoms with Crippen LogP contribution >= 0.6 is 11.6 Å². The molecule has 1 amide bonds. The number of piperidine rings is 1. The van der Waals surface area contributed by atoms with Crippen molar-refractivity contribution in [2.24, 2.45) is 0 Å². The number of hydrogen-bond donors (Lipinski definition) is 2. The molecule has 6 nitrogen and oxygen atoms in total. The standard InChI is InChI=1S/C22H23ClN4O2/c1-14(28)22(29)27-12-8-17(9-13-27)21-19(15-6-10-24-11-7-15)20(25-26-21)16-2-4-18(23)5-3-16/h2-7,10-11,14,17,28H,8-9,12-13H2,1H3,(H,25,26)/t14-/m0/s1. The number of likely N-dealkylation sites (tertiary alicyclic amines) is 1. The smallest absolute Gasteiger partial charge is 0.251 e. The monoisotopic (exact) mass is 410 g/mol. The second kappa shape index (κ2) is 8.35. The van der Waals surface area contributed by atoms with E-state index in [9.17, 15) is 9.90 Å². The first-order valence-corrected chi connectivity index (χ1v) is 10.1. The summed E-state index contributed by atoms with van der Waals surface area (Å²) in [6, 6.07) is 11.6. The molecule has 3 aromatic rings. The van der Waals surface area contributed by atoms with Crippen molar-refractivity contribution in [2.45, 2.75) is 31.8 Å². The number of aliphatic hydroxyl groups excluding tert-OH is 1. The summed E-state index contributed by atoms with van der Waals surface area (Å²) in [5.41, 5.74) is 5.06. The molecule has 0 saturated carbocycles. The molecule has 7 heteroatoms. The van der Waals surface area contributed by atoms with Crippen LogP contribution in [0.1, 0.15) is 31.4 Å². The number of carbonyl (C=O) groups excluding carboxylic acids is 1. The van der Waals surface area contributed by atoms with Crippen LogP contribution in [0.25, 0.3) is 22.4 Å². The van der Waals surface area contributed by atoms with Gasteiger partial charge in [0.15, 0.2) is 0 Å². The topological polar surface area (TPSA) is 82.1 Å². The van der Waals surface area contributed by atoms with E-state index in [2.05, 4.69) is 15.2 Å². The maximum absolute atomic E-state index is 12.1. The number of nitrogens with one attached hydrogen (secondary N) is 1. The summed E-state index contributed by atoms with van der Waals surface area (Å²) < 4.78 is 0. The molecule has 0 unspecified atom stereocenters. The molecule has 1 saturated heterocycles. The molecule has 1 aliphatic rings. The van der Waals surface area contributed by atoms with E-state index in [4.69, 9.17) is 11.6 Å². The van der Waals surface area contributed by atoms with E-state index in [1.807, 2.05) is 36.4 Å². The maximum Gasteiger partial charge on any atom is 0.251 e. The molecule has 2 aromatic heterocycles. The van der Waals surface area contributed by atoms with E-state index in [-0.39, 0.29) is 11.8 Å². The molecule has 0 radical (unpaired) electrons. The summed E-state index contributed by atoms with van der Waals surface area (Å²) in [7, 11) is 0. The van der Waals surface area contributed by atoms with Gasteiger partial charge in [-0.2, -0.15) is 5.10 Å². The van der Waals surface area contributed by atoms with Crippen molar-refractivity contribution in [3.63, 3.8) is 0 Å². The summed E-state index contributed by atoms with van der Waals surface area (Å²) in [5, 5.41) is 18.2. The fourth-order valence-electron chi connectivity index (χ4n) is 3.93. The second-order valence-corrected chi connectivity index (χ2v) is 7.82. The van der Waals surface area contributed by atoms with Crippen molar-refractivity contribution in [3.05, 3.63) is 59.5 Å².